The van der Waals surface area contributed by atoms with E-state index in [1.54, 1.807) is 41.5 Å². The van der Waals surface area contributed by atoms with Crippen molar-refractivity contribution < 1.29 is 22.0 Å². The number of rotatable bonds is 1. The van der Waals surface area contributed by atoms with Crippen molar-refractivity contribution in [2.45, 2.75) is 64.5 Å². The SMILES string of the molecule is CC(C)(C)c1cc(C(F)(F)C(F)(F)F)cc(C(C)(C)C)c1N. The van der Waals surface area contributed by atoms with Crippen LogP contribution in [0.15, 0.2) is 12.1 Å². The Bertz CT molecular complexity index is 524. The van der Waals surface area contributed by atoms with Crippen LogP contribution in [0.5, 0.6) is 0 Å². The van der Waals surface area contributed by atoms with E-state index in [9.17, 15) is 22.0 Å². The number of nitrogen functional groups attached to an aromatic ring is 1. The summed E-state index contributed by atoms with van der Waals surface area (Å²) in [6, 6.07) is 1.75. The molecule has 0 atom stereocenters. The van der Waals surface area contributed by atoms with Crippen molar-refractivity contribution in [3.63, 3.8) is 0 Å². The van der Waals surface area contributed by atoms with Crippen LogP contribution in [0.4, 0.5) is 27.6 Å². The van der Waals surface area contributed by atoms with Gasteiger partial charge in [-0.15, -0.1) is 0 Å². The molecule has 1 aromatic carbocycles. The number of nitrogens with two attached hydrogens (primary N) is 1. The van der Waals surface area contributed by atoms with Crippen LogP contribution in [0.1, 0.15) is 58.2 Å². The number of hydrogen-bond acceptors (Lipinski definition) is 1. The van der Waals surface area contributed by atoms with E-state index in [1.807, 2.05) is 0 Å². The highest BCUT2D eigenvalue weighted by molar-refractivity contribution is 5.61. The predicted molar refractivity (Wildman–Crippen MR) is 78.2 cm³/mol. The second-order valence-corrected chi connectivity index (χ2v) is 7.56. The molecule has 0 aliphatic rings. The largest absolute Gasteiger partial charge is 0.458 e. The molecule has 0 aromatic heterocycles. The maximum absolute atomic E-state index is 13.8. The molecule has 0 spiro atoms. The average Bonchev–Trinajstić information content (AvgIpc) is 2.23. The van der Waals surface area contributed by atoms with Gasteiger partial charge in [-0.3, -0.25) is 0 Å². The smallest absolute Gasteiger partial charge is 0.398 e. The van der Waals surface area contributed by atoms with Crippen LogP contribution in [0.25, 0.3) is 0 Å². The fourth-order valence-electron chi connectivity index (χ4n) is 2.24. The van der Waals surface area contributed by atoms with E-state index in [1.165, 1.54) is 0 Å². The van der Waals surface area contributed by atoms with E-state index >= 15 is 0 Å². The fourth-order valence-corrected chi connectivity index (χ4v) is 2.24. The van der Waals surface area contributed by atoms with Crippen LogP contribution in [0.3, 0.4) is 0 Å². The summed E-state index contributed by atoms with van der Waals surface area (Å²) in [6.45, 7) is 10.3. The zero-order valence-electron chi connectivity index (χ0n) is 13.6. The molecule has 126 valence electrons. The van der Waals surface area contributed by atoms with Crippen LogP contribution in [0, 0.1) is 0 Å². The van der Waals surface area contributed by atoms with Crippen molar-refractivity contribution in [3.8, 4) is 0 Å². The standard InChI is InChI=1S/C16H22F5N/c1-13(2,3)10-7-9(15(17,18)16(19,20)21)8-11(12(10)22)14(4,5)6/h7-8H,22H2,1-6H3. The minimum absolute atomic E-state index is 0.265. The molecule has 0 heterocycles. The molecule has 0 amide bonds. The Balaban J connectivity index is 3.77. The van der Waals surface area contributed by atoms with Gasteiger partial charge in [-0.1, -0.05) is 41.5 Å². The van der Waals surface area contributed by atoms with Crippen LogP contribution in [0.2, 0.25) is 0 Å². The number of benzene rings is 1. The molecule has 0 fully saturated rings. The quantitative estimate of drug-likeness (QED) is 0.534. The average molecular weight is 323 g/mol. The third kappa shape index (κ3) is 3.36. The Morgan fingerprint density at radius 3 is 1.27 bits per heavy atom. The molecule has 0 bridgehead atoms. The van der Waals surface area contributed by atoms with Crippen molar-refractivity contribution in [1.82, 2.24) is 0 Å². The van der Waals surface area contributed by atoms with E-state index in [0.29, 0.717) is 11.1 Å². The van der Waals surface area contributed by atoms with Gasteiger partial charge in [0, 0.05) is 11.3 Å². The molecular formula is C16H22F5N. The van der Waals surface area contributed by atoms with Gasteiger partial charge in [0.1, 0.15) is 0 Å². The Morgan fingerprint density at radius 1 is 0.727 bits per heavy atom. The van der Waals surface area contributed by atoms with Crippen LogP contribution >= 0.6 is 0 Å². The Labute approximate surface area is 127 Å². The van der Waals surface area contributed by atoms with Crippen LogP contribution < -0.4 is 5.73 Å². The van der Waals surface area contributed by atoms with E-state index in [2.05, 4.69) is 0 Å². The first-order chi connectivity index (χ1) is 9.49. The lowest BCUT2D eigenvalue weighted by molar-refractivity contribution is -0.289. The van der Waals surface area contributed by atoms with Gasteiger partial charge in [-0.25, -0.2) is 0 Å². The molecule has 0 saturated heterocycles. The Hall–Kier alpha value is -1.33. The lowest BCUT2D eigenvalue weighted by atomic mass is 9.77. The maximum atomic E-state index is 13.8. The third-order valence-electron chi connectivity index (χ3n) is 3.51. The molecule has 1 nitrogen and oxygen atoms in total. The molecule has 0 aliphatic heterocycles. The number of hydrogen-bond donors (Lipinski definition) is 1. The van der Waals surface area contributed by atoms with Gasteiger partial charge in [0.25, 0.3) is 0 Å². The van der Waals surface area contributed by atoms with Gasteiger partial charge < -0.3 is 5.73 Å². The summed E-state index contributed by atoms with van der Waals surface area (Å²) in [7, 11) is 0. The molecule has 1 rings (SSSR count). The lowest BCUT2D eigenvalue weighted by Crippen LogP contribution is -2.35. The molecule has 6 heteroatoms. The molecule has 0 unspecified atom stereocenters. The zero-order chi connectivity index (χ0) is 17.7. The third-order valence-corrected chi connectivity index (χ3v) is 3.51. The summed E-state index contributed by atoms with van der Waals surface area (Å²) in [5.74, 6) is -4.92. The molecular weight excluding hydrogens is 301 g/mol. The minimum atomic E-state index is -5.65. The number of alkyl halides is 5. The molecule has 1 aromatic rings. The van der Waals surface area contributed by atoms with Gasteiger partial charge in [-0.2, -0.15) is 22.0 Å². The first-order valence-corrected chi connectivity index (χ1v) is 6.89. The van der Waals surface area contributed by atoms with E-state index in [0.717, 1.165) is 12.1 Å². The number of anilines is 1. The van der Waals surface area contributed by atoms with Crippen LogP contribution in [-0.4, -0.2) is 6.18 Å². The first kappa shape index (κ1) is 18.7. The van der Waals surface area contributed by atoms with E-state index < -0.39 is 28.5 Å². The van der Waals surface area contributed by atoms with Crippen molar-refractivity contribution in [1.29, 1.82) is 0 Å². The van der Waals surface area contributed by atoms with E-state index in [-0.39, 0.29) is 5.69 Å². The molecule has 0 radical (unpaired) electrons. The summed E-state index contributed by atoms with van der Waals surface area (Å²) in [5.41, 5.74) is 4.53. The van der Waals surface area contributed by atoms with Gasteiger partial charge in [0.2, 0.25) is 0 Å². The maximum Gasteiger partial charge on any atom is 0.458 e. The summed E-state index contributed by atoms with van der Waals surface area (Å²) >= 11 is 0. The zero-order valence-corrected chi connectivity index (χ0v) is 13.6. The molecule has 2 N–H and O–H groups in total. The van der Waals surface area contributed by atoms with Crippen molar-refractivity contribution in [3.05, 3.63) is 28.8 Å². The first-order valence-electron chi connectivity index (χ1n) is 6.89. The van der Waals surface area contributed by atoms with Gasteiger partial charge in [0.05, 0.1) is 0 Å². The summed E-state index contributed by atoms with van der Waals surface area (Å²) < 4.78 is 65.6. The van der Waals surface area contributed by atoms with Crippen molar-refractivity contribution in [2.75, 3.05) is 5.73 Å². The second kappa shape index (κ2) is 5.10. The van der Waals surface area contributed by atoms with Gasteiger partial charge in [-0.05, 0) is 34.1 Å². The Morgan fingerprint density at radius 2 is 1.05 bits per heavy atom. The van der Waals surface area contributed by atoms with E-state index in [4.69, 9.17) is 5.73 Å². The molecule has 0 saturated carbocycles. The monoisotopic (exact) mass is 323 g/mol. The highest BCUT2D eigenvalue weighted by atomic mass is 19.4. The lowest BCUT2D eigenvalue weighted by Gasteiger charge is -2.31. The fraction of sp³-hybridized carbons (Fsp3) is 0.625. The summed E-state index contributed by atoms with van der Waals surface area (Å²) in [5, 5.41) is 0. The number of halogens is 5. The molecule has 0 aliphatic carbocycles. The van der Waals surface area contributed by atoms with Crippen molar-refractivity contribution in [2.24, 2.45) is 0 Å². The highest BCUT2D eigenvalue weighted by Crippen LogP contribution is 2.47. The van der Waals surface area contributed by atoms with Gasteiger partial charge in [0.15, 0.2) is 0 Å². The van der Waals surface area contributed by atoms with Crippen molar-refractivity contribution >= 4 is 5.69 Å². The topological polar surface area (TPSA) is 26.0 Å². The minimum Gasteiger partial charge on any atom is -0.398 e. The Kier molecular flexibility index (Phi) is 4.34. The predicted octanol–water partition coefficient (Wildman–Crippen LogP) is 5.52. The summed E-state index contributed by atoms with van der Waals surface area (Å²) in [6.07, 6.45) is -5.65. The normalized spacial score (nSPS) is 14.3. The molecule has 22 heavy (non-hydrogen) atoms. The van der Waals surface area contributed by atoms with Gasteiger partial charge >= 0.3 is 12.1 Å². The van der Waals surface area contributed by atoms with Crippen LogP contribution in [-0.2, 0) is 16.8 Å². The highest BCUT2D eigenvalue weighted by Gasteiger charge is 2.59. The second-order valence-electron chi connectivity index (χ2n) is 7.56. The summed E-state index contributed by atoms with van der Waals surface area (Å²) in [4.78, 5) is 0.